The van der Waals surface area contributed by atoms with Crippen molar-refractivity contribution in [2.75, 3.05) is 60.1 Å². The largest absolute Gasteiger partial charge is 0.465 e. The van der Waals surface area contributed by atoms with Crippen LogP contribution >= 0.6 is 23.1 Å². The maximum atomic E-state index is 11.3. The van der Waals surface area contributed by atoms with Crippen molar-refractivity contribution in [1.29, 1.82) is 5.26 Å². The van der Waals surface area contributed by atoms with Crippen molar-refractivity contribution < 1.29 is 56.2 Å². The van der Waals surface area contributed by atoms with Gasteiger partial charge >= 0.3 is 27.1 Å². The number of hydrogen-bond acceptors (Lipinski definition) is 15. The number of isocyanates is 1. The van der Waals surface area contributed by atoms with Gasteiger partial charge in [0.05, 0.1) is 31.9 Å². The van der Waals surface area contributed by atoms with Crippen molar-refractivity contribution in [1.82, 2.24) is 18.9 Å². The Morgan fingerprint density at radius 1 is 0.781 bits per heavy atom. The number of esters is 3. The second-order valence-corrected chi connectivity index (χ2v) is 14.7. The molecule has 0 aliphatic heterocycles. The Morgan fingerprint density at radius 3 is 1.34 bits per heavy atom. The van der Waals surface area contributed by atoms with Gasteiger partial charge in [-0.3, -0.25) is 19.2 Å². The van der Waals surface area contributed by atoms with Crippen LogP contribution in [0, 0.1) is 39.0 Å². The van der Waals surface area contributed by atoms with E-state index in [-0.39, 0.29) is 62.4 Å². The van der Waals surface area contributed by atoms with Crippen molar-refractivity contribution in [3.63, 3.8) is 0 Å². The molecule has 1 amide bonds. The molecule has 2 rings (SSSR count). The summed E-state index contributed by atoms with van der Waals surface area (Å²) >= 11 is 0. The predicted octanol–water partition coefficient (Wildman–Crippen LogP) is 5.58. The molecule has 0 radical (unpaired) electrons. The van der Waals surface area contributed by atoms with Crippen molar-refractivity contribution in [2.45, 2.75) is 116 Å². The minimum atomic E-state index is -4.00. The van der Waals surface area contributed by atoms with E-state index in [1.807, 2.05) is 51.3 Å². The first-order valence-corrected chi connectivity index (χ1v) is 21.9. The molecular weight excluding hydrogens is 897 g/mol. The summed E-state index contributed by atoms with van der Waals surface area (Å²) in [7, 11) is 3.75. The number of nitrogens with zero attached hydrogens (tertiary/aromatic N) is 6. The van der Waals surface area contributed by atoms with Gasteiger partial charge in [-0.15, -0.1) is 12.4 Å². The summed E-state index contributed by atoms with van der Waals surface area (Å²) in [5.74, 6) is -0.628. The highest BCUT2D eigenvalue weighted by Crippen LogP contribution is 2.14. The minimum absolute atomic E-state index is 0. The molecular formula is C42H75Cl2N7O12S. The molecule has 22 heteroatoms. The topological polar surface area (TPSA) is 260 Å². The number of ether oxygens (including phenoxy) is 3. The number of carbonyl (C=O) groups is 6. The fourth-order valence-electron chi connectivity index (χ4n) is 4.07. The summed E-state index contributed by atoms with van der Waals surface area (Å²) in [4.78, 5) is 75.2. The normalized spacial score (nSPS) is 9.06. The Hall–Kier alpha value is -4.90. The SMILES string of the molecule is C.CC(=O)CCC(C)=O.CCN(CC)CC.CCOC(=O)CN.CCOC(=O)Cn1c(C)cc(C#N)c1C.CCOC(=O)Cn1c(C)ccc1C.CN(C)C=O.Cl.O=C=NS(=O)(=O)Cl. The Bertz CT molecular complexity index is 1760. The lowest BCUT2D eigenvalue weighted by molar-refractivity contribution is -0.144. The molecule has 0 spiro atoms. The van der Waals surface area contributed by atoms with Gasteiger partial charge in [-0.2, -0.15) is 13.7 Å². The smallest absolute Gasteiger partial charge is 0.350 e. The third-order valence-electron chi connectivity index (χ3n) is 7.30. The Morgan fingerprint density at radius 2 is 1.14 bits per heavy atom. The van der Waals surface area contributed by atoms with Crippen LogP contribution in [0.2, 0.25) is 0 Å². The van der Waals surface area contributed by atoms with Crippen molar-refractivity contribution >= 4 is 74.3 Å². The first kappa shape index (κ1) is 73.5. The molecule has 0 fully saturated rings. The van der Waals surface area contributed by atoms with Crippen molar-refractivity contribution in [2.24, 2.45) is 10.1 Å². The number of nitriles is 1. The molecule has 0 aliphatic rings. The van der Waals surface area contributed by atoms with Crippen LogP contribution in [0.15, 0.2) is 22.6 Å². The van der Waals surface area contributed by atoms with Crippen LogP contribution in [-0.4, -0.2) is 129 Å². The number of rotatable bonds is 16. The van der Waals surface area contributed by atoms with E-state index in [0.717, 1.165) is 35.3 Å². The molecule has 2 N–H and O–H groups in total. The molecule has 0 aliphatic carbocycles. The molecule has 0 unspecified atom stereocenters. The summed E-state index contributed by atoms with van der Waals surface area (Å²) in [5, 5.41) is 8.81. The number of hydrogen-bond donors (Lipinski definition) is 1. The highest BCUT2D eigenvalue weighted by molar-refractivity contribution is 8.12. The summed E-state index contributed by atoms with van der Waals surface area (Å²) in [6.45, 7) is 27.8. The van der Waals surface area contributed by atoms with Crippen LogP contribution in [0.5, 0.6) is 0 Å². The monoisotopic (exact) mass is 971 g/mol. The van der Waals surface area contributed by atoms with E-state index in [1.165, 1.54) is 38.4 Å². The van der Waals surface area contributed by atoms with E-state index in [9.17, 15) is 37.2 Å². The fraction of sp³-hybridized carbons (Fsp3) is 0.619. The predicted molar refractivity (Wildman–Crippen MR) is 252 cm³/mol. The molecule has 0 atom stereocenters. The van der Waals surface area contributed by atoms with Gasteiger partial charge < -0.3 is 48.5 Å². The van der Waals surface area contributed by atoms with Gasteiger partial charge in [0.15, 0.2) is 0 Å². The highest BCUT2D eigenvalue weighted by Gasteiger charge is 2.12. The highest BCUT2D eigenvalue weighted by atomic mass is 35.7. The zero-order chi connectivity index (χ0) is 49.4. The number of amides is 1. The third kappa shape index (κ3) is 46.6. The lowest BCUT2D eigenvalue weighted by Gasteiger charge is -2.13. The fourth-order valence-corrected chi connectivity index (χ4v) is 4.24. The van der Waals surface area contributed by atoms with E-state index in [2.05, 4.69) is 51.6 Å². The lowest BCUT2D eigenvalue weighted by Crippen LogP contribution is -2.21. The van der Waals surface area contributed by atoms with Gasteiger partial charge in [-0.1, -0.05) is 32.6 Å². The van der Waals surface area contributed by atoms with Crippen LogP contribution in [0.1, 0.15) is 104 Å². The molecule has 370 valence electrons. The van der Waals surface area contributed by atoms with E-state index in [0.29, 0.717) is 44.8 Å². The Labute approximate surface area is 392 Å². The van der Waals surface area contributed by atoms with Crippen molar-refractivity contribution in [3.05, 3.63) is 46.5 Å². The number of aromatic nitrogens is 2. The summed E-state index contributed by atoms with van der Waals surface area (Å²) < 4.78 is 39.2. The van der Waals surface area contributed by atoms with Crippen LogP contribution in [0.25, 0.3) is 0 Å². The van der Waals surface area contributed by atoms with E-state index in [1.54, 1.807) is 38.6 Å². The van der Waals surface area contributed by atoms with Gasteiger partial charge in [-0.05, 0) is 100 Å². The van der Waals surface area contributed by atoms with Crippen LogP contribution in [-0.2, 0) is 70.1 Å². The number of ketones is 2. The second kappa shape index (κ2) is 46.1. The van der Waals surface area contributed by atoms with E-state index in [4.69, 9.17) is 25.3 Å². The van der Waals surface area contributed by atoms with Gasteiger partial charge in [0, 0.05) is 60.4 Å². The quantitative estimate of drug-likeness (QED) is 0.0538. The van der Waals surface area contributed by atoms with E-state index >= 15 is 0 Å². The van der Waals surface area contributed by atoms with Gasteiger partial charge in [0.2, 0.25) is 6.41 Å². The molecule has 0 aromatic carbocycles. The number of carbonyl (C=O) groups excluding carboxylic acids is 7. The molecule has 64 heavy (non-hydrogen) atoms. The van der Waals surface area contributed by atoms with Crippen molar-refractivity contribution in [3.8, 4) is 6.07 Å². The van der Waals surface area contributed by atoms with E-state index < -0.39 is 9.24 Å². The summed E-state index contributed by atoms with van der Waals surface area (Å²) in [5.41, 5.74) is 9.38. The third-order valence-corrected chi connectivity index (χ3v) is 7.80. The Kier molecular flexibility index (Phi) is 52.9. The zero-order valence-electron chi connectivity index (χ0n) is 39.4. The second-order valence-electron chi connectivity index (χ2n) is 12.5. The minimum Gasteiger partial charge on any atom is -0.465 e. The molecule has 2 aromatic heterocycles. The zero-order valence-corrected chi connectivity index (χ0v) is 41.8. The van der Waals surface area contributed by atoms with Gasteiger partial charge in [-0.25, -0.2) is 4.79 Å². The molecule has 2 aromatic rings. The first-order chi connectivity index (χ1) is 28.9. The molecule has 2 heterocycles. The average molecular weight is 973 g/mol. The molecule has 0 saturated carbocycles. The number of Topliss-reactive ketones (excluding diaryl/α,β-unsaturated/α-hetero) is 2. The Balaban J connectivity index is -0.000000122. The summed E-state index contributed by atoms with van der Waals surface area (Å²) in [6.07, 6.45) is 2.31. The molecule has 0 saturated heterocycles. The van der Waals surface area contributed by atoms with Crippen LogP contribution in [0.4, 0.5) is 0 Å². The summed E-state index contributed by atoms with van der Waals surface area (Å²) in [6, 6.07) is 7.85. The maximum absolute atomic E-state index is 11.3. The standard InChI is InChI=1S/C11H14N2O2.C10H15NO2.C6H15N.C6H10O2.C4H9NO2.C3H7NO.CClNO3S.CH4.ClH/c1-4-15-11(14)7-13-8(2)5-10(6-12)9(13)3;1-4-13-10(12)7-11-8(2)5-6-9(11)3;1-4-7(5-2)6-3;1-5(7)3-4-6(2)8;1-2-7-4(6)3-5;1-4(2)3-5;2-7(5,6)3-1-4;;/h5H,4,7H2,1-3H3;5-6H,4,7H2,1-3H3;4-6H2,1-3H3;3-4H2,1-2H3;2-3,5H2,1H3;3H,1-2H3;;1H4;1H. The van der Waals surface area contributed by atoms with Crippen LogP contribution < -0.4 is 5.73 Å². The average Bonchev–Trinajstić information content (AvgIpc) is 3.66. The molecule has 0 bridgehead atoms. The number of halogens is 2. The van der Waals surface area contributed by atoms with Crippen LogP contribution in [0.3, 0.4) is 0 Å². The molecule has 19 nitrogen and oxygen atoms in total. The lowest BCUT2D eigenvalue weighted by atomic mass is 10.2. The number of aryl methyl sites for hydroxylation is 3. The van der Waals surface area contributed by atoms with Gasteiger partial charge in [0.25, 0.3) is 6.08 Å². The maximum Gasteiger partial charge on any atom is 0.350 e. The number of nitrogens with two attached hydrogens (primary N) is 1. The first-order valence-electron chi connectivity index (χ1n) is 19.6. The van der Waals surface area contributed by atoms with Gasteiger partial charge in [0.1, 0.15) is 30.7 Å².